The summed E-state index contributed by atoms with van der Waals surface area (Å²) in [6, 6.07) is 16.0. The second-order valence-electron chi connectivity index (χ2n) is 6.86. The Morgan fingerprint density at radius 3 is 2.48 bits per heavy atom. The van der Waals surface area contributed by atoms with Gasteiger partial charge in [-0.2, -0.15) is 0 Å². The monoisotopic (exact) mass is 418 g/mol. The molecule has 1 atom stereocenters. The minimum absolute atomic E-state index is 0.0619. The summed E-state index contributed by atoms with van der Waals surface area (Å²) in [4.78, 5) is 15.1. The van der Waals surface area contributed by atoms with Crippen molar-refractivity contribution in [3.05, 3.63) is 60.2 Å². The van der Waals surface area contributed by atoms with Gasteiger partial charge in [0.2, 0.25) is 5.91 Å². The molecule has 0 aliphatic carbocycles. The molecule has 0 bridgehead atoms. The minimum Gasteiger partial charge on any atom is -0.491 e. The third-order valence-corrected chi connectivity index (χ3v) is 6.37. The van der Waals surface area contributed by atoms with Gasteiger partial charge in [0, 0.05) is 32.0 Å². The molecule has 1 unspecified atom stereocenters. The van der Waals surface area contributed by atoms with Crippen LogP contribution in [0.15, 0.2) is 54.6 Å². The number of carbonyl (C=O) groups is 1. The summed E-state index contributed by atoms with van der Waals surface area (Å²) < 4.78 is 34.2. The molecule has 2 aromatic carbocycles. The number of ether oxygens (including phenoxy) is 2. The molecule has 1 heterocycles. The first kappa shape index (κ1) is 21.3. The highest BCUT2D eigenvalue weighted by molar-refractivity contribution is 7.91. The number of hydrogen-bond donors (Lipinski definition) is 1. The van der Waals surface area contributed by atoms with Gasteiger partial charge in [0.15, 0.2) is 9.84 Å². The highest BCUT2D eigenvalue weighted by Gasteiger charge is 2.32. The van der Waals surface area contributed by atoms with Crippen molar-refractivity contribution in [2.45, 2.75) is 6.04 Å². The Bertz CT molecular complexity index is 904. The molecule has 1 N–H and O–H groups in total. The van der Waals surface area contributed by atoms with Gasteiger partial charge in [-0.15, -0.1) is 0 Å². The van der Waals surface area contributed by atoms with E-state index in [1.165, 1.54) is 0 Å². The average molecular weight is 419 g/mol. The summed E-state index contributed by atoms with van der Waals surface area (Å²) in [5.74, 6) is 0.559. The zero-order valence-corrected chi connectivity index (χ0v) is 17.2. The number of nitrogens with one attached hydrogen (secondary N) is 1. The molecule has 7 nitrogen and oxygen atoms in total. The maximum Gasteiger partial charge on any atom is 0.246 e. The molecule has 8 heteroatoms. The first-order valence-electron chi connectivity index (χ1n) is 9.50. The summed E-state index contributed by atoms with van der Waals surface area (Å²) in [6.07, 6.45) is 0. The van der Waals surface area contributed by atoms with Gasteiger partial charge < -0.3 is 14.8 Å². The normalized spacial score (nSPS) is 17.4. The smallest absolute Gasteiger partial charge is 0.246 e. The molecule has 156 valence electrons. The first-order valence-corrected chi connectivity index (χ1v) is 11.3. The first-order chi connectivity index (χ1) is 14.0. The van der Waals surface area contributed by atoms with Crippen molar-refractivity contribution in [3.8, 4) is 5.75 Å². The topological polar surface area (TPSA) is 84.9 Å². The summed E-state index contributed by atoms with van der Waals surface area (Å²) >= 11 is 0. The van der Waals surface area contributed by atoms with E-state index in [0.717, 1.165) is 5.56 Å². The summed E-state index contributed by atoms with van der Waals surface area (Å²) in [7, 11) is -1.43. The van der Waals surface area contributed by atoms with Crippen LogP contribution < -0.4 is 10.1 Å². The van der Waals surface area contributed by atoms with Gasteiger partial charge in [-0.25, -0.2) is 8.42 Å². The maximum atomic E-state index is 13.2. The molecule has 0 spiro atoms. The molecule has 2 aromatic rings. The summed E-state index contributed by atoms with van der Waals surface area (Å²) in [6.45, 7) is 1.55. The van der Waals surface area contributed by atoms with E-state index in [-0.39, 0.29) is 17.4 Å². The molecule has 0 aromatic heterocycles. The number of nitrogens with zero attached hydrogens (tertiary/aromatic N) is 1. The van der Waals surface area contributed by atoms with E-state index < -0.39 is 15.9 Å². The van der Waals surface area contributed by atoms with Crippen LogP contribution in [0.1, 0.15) is 11.6 Å². The lowest BCUT2D eigenvalue weighted by molar-refractivity contribution is -0.121. The second-order valence-corrected chi connectivity index (χ2v) is 9.16. The van der Waals surface area contributed by atoms with Crippen LogP contribution in [-0.2, 0) is 19.4 Å². The Balaban J connectivity index is 1.76. The van der Waals surface area contributed by atoms with Gasteiger partial charge >= 0.3 is 0 Å². The van der Waals surface area contributed by atoms with E-state index in [1.807, 2.05) is 47.4 Å². The van der Waals surface area contributed by atoms with Gasteiger partial charge in [0.05, 0.1) is 18.1 Å². The number of benzene rings is 2. The number of rotatable bonds is 8. The molecule has 1 aliphatic rings. The zero-order valence-electron chi connectivity index (χ0n) is 16.4. The molecule has 3 rings (SSSR count). The quantitative estimate of drug-likeness (QED) is 0.661. The van der Waals surface area contributed by atoms with Crippen molar-refractivity contribution in [1.29, 1.82) is 0 Å². The van der Waals surface area contributed by atoms with E-state index in [9.17, 15) is 13.2 Å². The Morgan fingerprint density at radius 1 is 1.07 bits per heavy atom. The van der Waals surface area contributed by atoms with Gasteiger partial charge in [-0.1, -0.05) is 36.4 Å². The summed E-state index contributed by atoms with van der Waals surface area (Å²) in [5.41, 5.74) is 1.45. The van der Waals surface area contributed by atoms with Crippen LogP contribution in [0.3, 0.4) is 0 Å². The minimum atomic E-state index is -3.03. The van der Waals surface area contributed by atoms with Gasteiger partial charge in [0.25, 0.3) is 0 Å². The number of sulfone groups is 1. The fraction of sp³-hybridized carbons (Fsp3) is 0.381. The second kappa shape index (κ2) is 9.87. The fourth-order valence-electron chi connectivity index (χ4n) is 3.27. The van der Waals surface area contributed by atoms with Crippen molar-refractivity contribution < 1.29 is 22.7 Å². The molecule has 1 aliphatic heterocycles. The molecule has 1 fully saturated rings. The van der Waals surface area contributed by atoms with Crippen LogP contribution in [0.5, 0.6) is 5.75 Å². The van der Waals surface area contributed by atoms with Crippen LogP contribution in [0.25, 0.3) is 0 Å². The zero-order chi connectivity index (χ0) is 20.7. The molecule has 0 saturated carbocycles. The van der Waals surface area contributed by atoms with Crippen molar-refractivity contribution in [1.82, 2.24) is 4.90 Å². The van der Waals surface area contributed by atoms with Crippen molar-refractivity contribution in [3.63, 3.8) is 0 Å². The molecule has 1 amide bonds. The lowest BCUT2D eigenvalue weighted by atomic mass is 10.0. The van der Waals surface area contributed by atoms with E-state index in [2.05, 4.69) is 5.32 Å². The lowest BCUT2D eigenvalue weighted by Gasteiger charge is -2.33. The standard InChI is InChI=1S/C21H26N2O5S/c1-27-12-13-28-19-9-5-8-18(16-19)22-21(24)20(17-6-3-2-4-7-17)23-10-14-29(25,26)15-11-23/h2-9,16,20H,10-15H2,1H3,(H,22,24). The van der Waals surface area contributed by atoms with Gasteiger partial charge in [-0.05, 0) is 17.7 Å². The van der Waals surface area contributed by atoms with Crippen LogP contribution in [0.2, 0.25) is 0 Å². The van der Waals surface area contributed by atoms with Gasteiger partial charge in [-0.3, -0.25) is 9.69 Å². The molecule has 1 saturated heterocycles. The number of amides is 1. The molecular formula is C21H26N2O5S. The number of methoxy groups -OCH3 is 1. The van der Waals surface area contributed by atoms with Crippen molar-refractivity contribution in [2.75, 3.05) is 50.2 Å². The fourth-order valence-corrected chi connectivity index (χ4v) is 4.49. The van der Waals surface area contributed by atoms with E-state index in [4.69, 9.17) is 9.47 Å². The molecular weight excluding hydrogens is 392 g/mol. The van der Waals surface area contributed by atoms with Crippen LogP contribution >= 0.6 is 0 Å². The number of anilines is 1. The van der Waals surface area contributed by atoms with Crippen LogP contribution in [-0.4, -0.2) is 64.1 Å². The Morgan fingerprint density at radius 2 is 1.79 bits per heavy atom. The maximum absolute atomic E-state index is 13.2. The number of carbonyl (C=O) groups excluding carboxylic acids is 1. The SMILES string of the molecule is COCCOc1cccc(NC(=O)C(c2ccccc2)N2CCS(=O)(=O)CC2)c1. The van der Waals surface area contributed by atoms with Crippen molar-refractivity contribution in [2.24, 2.45) is 0 Å². The number of hydrogen-bond acceptors (Lipinski definition) is 6. The Hall–Kier alpha value is -2.42. The Kier molecular flexibility index (Phi) is 7.24. The molecule has 29 heavy (non-hydrogen) atoms. The van der Waals surface area contributed by atoms with E-state index in [0.29, 0.717) is 37.7 Å². The highest BCUT2D eigenvalue weighted by atomic mass is 32.2. The van der Waals surface area contributed by atoms with Crippen molar-refractivity contribution >= 4 is 21.4 Å². The van der Waals surface area contributed by atoms with E-state index >= 15 is 0 Å². The van der Waals surface area contributed by atoms with Gasteiger partial charge in [0.1, 0.15) is 18.4 Å². The van der Waals surface area contributed by atoms with Crippen LogP contribution in [0.4, 0.5) is 5.69 Å². The van der Waals surface area contributed by atoms with Crippen LogP contribution in [0, 0.1) is 0 Å². The molecule has 0 radical (unpaired) electrons. The highest BCUT2D eigenvalue weighted by Crippen LogP contribution is 2.26. The Labute approximate surface area is 171 Å². The predicted octanol–water partition coefficient (Wildman–Crippen LogP) is 2.12. The van der Waals surface area contributed by atoms with E-state index in [1.54, 1.807) is 19.2 Å². The lowest BCUT2D eigenvalue weighted by Crippen LogP contribution is -2.46. The average Bonchev–Trinajstić information content (AvgIpc) is 2.71. The summed E-state index contributed by atoms with van der Waals surface area (Å²) in [5, 5.41) is 2.95. The third-order valence-electron chi connectivity index (χ3n) is 4.77. The largest absolute Gasteiger partial charge is 0.491 e. The predicted molar refractivity (Wildman–Crippen MR) is 112 cm³/mol. The third kappa shape index (κ3) is 6.03.